The van der Waals surface area contributed by atoms with Gasteiger partial charge in [-0.2, -0.15) is 12.4 Å². The first-order chi connectivity index (χ1) is 20.5. The van der Waals surface area contributed by atoms with Crippen LogP contribution in [0, 0.1) is 27.7 Å². The minimum Gasteiger partial charge on any atom is -0.582 e. The van der Waals surface area contributed by atoms with Gasteiger partial charge in [-0.1, -0.05) is 60.7 Å². The van der Waals surface area contributed by atoms with Crippen molar-refractivity contribution >= 4 is 43.6 Å². The maximum absolute atomic E-state index is 4.58. The van der Waals surface area contributed by atoms with E-state index in [0.717, 1.165) is 66.4 Å². The molecule has 0 aliphatic rings. The molecule has 0 radical (unpaired) electrons. The van der Waals surface area contributed by atoms with Gasteiger partial charge in [0, 0.05) is 56.7 Å². The zero-order valence-electron chi connectivity index (χ0n) is 24.6. The Labute approximate surface area is 277 Å². The van der Waals surface area contributed by atoms with Gasteiger partial charge in [-0.15, -0.1) is 0 Å². The molecular weight excluding hydrogens is 648 g/mol. The Hall–Kier alpha value is -4.46. The number of fused-ring (bicyclic) bond motifs is 6. The molecule has 8 rings (SSSR count). The molecule has 0 aliphatic carbocycles. The Morgan fingerprint density at radius 3 is 0.818 bits per heavy atom. The van der Waals surface area contributed by atoms with Crippen LogP contribution in [0.15, 0.2) is 110 Å². The molecule has 8 nitrogen and oxygen atoms in total. The number of nitrogens with zero attached hydrogens (tertiary/aromatic N) is 8. The van der Waals surface area contributed by atoms with Crippen molar-refractivity contribution in [3.05, 3.63) is 132 Å². The Balaban J connectivity index is 0.000000177. The molecule has 0 atom stereocenters. The van der Waals surface area contributed by atoms with E-state index in [9.17, 15) is 0 Å². The van der Waals surface area contributed by atoms with Crippen molar-refractivity contribution in [3.63, 3.8) is 0 Å². The first-order valence-corrected chi connectivity index (χ1v) is 13.5. The van der Waals surface area contributed by atoms with Gasteiger partial charge >= 0.3 is 34.1 Å². The molecule has 10 heteroatoms. The van der Waals surface area contributed by atoms with Crippen molar-refractivity contribution in [3.8, 4) is 0 Å². The summed E-state index contributed by atoms with van der Waals surface area (Å²) < 4.78 is 0. The van der Waals surface area contributed by atoms with E-state index in [-0.39, 0.29) is 34.1 Å². The first kappa shape index (κ1) is 34.0. The molecule has 2 aromatic carbocycles. The molecule has 0 saturated carbocycles. The maximum Gasteiger partial charge on any atom is 1.00 e. The summed E-state index contributed by atoms with van der Waals surface area (Å²) >= 11 is 0. The third-order valence-electron chi connectivity index (χ3n) is 6.34. The summed E-state index contributed by atoms with van der Waals surface area (Å²) in [4.78, 5) is 18.3. The van der Waals surface area contributed by atoms with Gasteiger partial charge in [-0.05, 0) is 52.0 Å². The fourth-order valence-electron chi connectivity index (χ4n) is 4.31. The summed E-state index contributed by atoms with van der Waals surface area (Å²) in [5, 5.41) is 18.5. The molecule has 6 aromatic heterocycles. The topological polar surface area (TPSA) is 106 Å². The van der Waals surface area contributed by atoms with Gasteiger partial charge in [-0.25, -0.2) is 0 Å². The number of rotatable bonds is 0. The number of hydrogen-bond donors (Lipinski definition) is 0. The zero-order valence-corrected chi connectivity index (χ0v) is 26.5. The molecule has 228 valence electrons. The summed E-state index contributed by atoms with van der Waals surface area (Å²) in [5.41, 5.74) is 8.13. The molecule has 0 amide bonds. The molecule has 6 heterocycles. The average molecular weight is 678 g/mol. The summed E-state index contributed by atoms with van der Waals surface area (Å²) in [5.74, 6) is 0. The second-order valence-corrected chi connectivity index (χ2v) is 9.67. The van der Waals surface area contributed by atoms with Crippen LogP contribution in [0.4, 0.5) is 0 Å². The van der Waals surface area contributed by atoms with E-state index in [1.54, 1.807) is 36.9 Å². The quantitative estimate of drug-likeness (QED) is 0.127. The van der Waals surface area contributed by atoms with Gasteiger partial charge in [-0.3, -0.25) is 19.9 Å². The van der Waals surface area contributed by atoms with Crippen molar-refractivity contribution in [2.75, 3.05) is 0 Å². The van der Waals surface area contributed by atoms with Crippen LogP contribution in [0.5, 0.6) is 0 Å². The number of pyridine rings is 4. The van der Waals surface area contributed by atoms with E-state index in [2.05, 4.69) is 88.9 Å². The minimum atomic E-state index is 0. The number of aryl methyl sites for hydroxylation is 4. The predicted octanol–water partition coefficient (Wildman–Crippen LogP) is 6.87. The molecule has 0 unspecified atom stereocenters. The standard InChI is InChI=1S/2C14H12N2.2C3H3N2.2Cu/c2*1-9-3-5-11-7-8-12-6-4-10(2)16-14(12)13(11)15-9;2*1-2-4-5-3-1;;/h2*3-8H,1-2H3;2*1-3H;;/q;;2*-1;2*+1. The third-order valence-corrected chi connectivity index (χ3v) is 6.34. The van der Waals surface area contributed by atoms with Crippen LogP contribution in [-0.4, -0.2) is 30.1 Å². The molecule has 44 heavy (non-hydrogen) atoms. The fourth-order valence-corrected chi connectivity index (χ4v) is 4.31. The largest absolute Gasteiger partial charge is 1.00 e. The summed E-state index contributed by atoms with van der Waals surface area (Å²) in [6.45, 7) is 8.03. The van der Waals surface area contributed by atoms with Crippen LogP contribution in [0.3, 0.4) is 0 Å². The Kier molecular flexibility index (Phi) is 12.7. The van der Waals surface area contributed by atoms with Crippen molar-refractivity contribution in [1.82, 2.24) is 40.3 Å². The van der Waals surface area contributed by atoms with E-state index in [1.807, 2.05) is 52.0 Å². The Morgan fingerprint density at radius 1 is 0.386 bits per heavy atom. The summed E-state index contributed by atoms with van der Waals surface area (Å²) in [6, 6.07) is 28.5. The van der Waals surface area contributed by atoms with E-state index in [1.165, 1.54) is 0 Å². The molecule has 0 fully saturated rings. The van der Waals surface area contributed by atoms with Crippen molar-refractivity contribution in [2.24, 2.45) is 0 Å². The summed E-state index contributed by atoms with van der Waals surface area (Å²) in [6.07, 6.45) is 6.56. The van der Waals surface area contributed by atoms with Crippen LogP contribution >= 0.6 is 0 Å². The minimum absolute atomic E-state index is 0. The van der Waals surface area contributed by atoms with Gasteiger partial charge in [0.1, 0.15) is 0 Å². The van der Waals surface area contributed by atoms with Gasteiger partial charge in [0.2, 0.25) is 0 Å². The van der Waals surface area contributed by atoms with Gasteiger partial charge in [0.25, 0.3) is 0 Å². The van der Waals surface area contributed by atoms with E-state index >= 15 is 0 Å². The maximum atomic E-state index is 4.58. The molecule has 0 spiro atoms. The monoisotopic (exact) mass is 676 g/mol. The van der Waals surface area contributed by atoms with E-state index in [0.29, 0.717) is 0 Å². The van der Waals surface area contributed by atoms with Crippen molar-refractivity contribution < 1.29 is 34.1 Å². The summed E-state index contributed by atoms with van der Waals surface area (Å²) in [7, 11) is 0. The second kappa shape index (κ2) is 16.4. The molecule has 0 aliphatic heterocycles. The fraction of sp³-hybridized carbons (Fsp3) is 0.118. The first-order valence-electron chi connectivity index (χ1n) is 13.5. The van der Waals surface area contributed by atoms with Gasteiger partial charge in [0.05, 0.1) is 22.1 Å². The average Bonchev–Trinajstić information content (AvgIpc) is 3.78. The normalized spacial score (nSPS) is 9.91. The van der Waals surface area contributed by atoms with Crippen LogP contribution in [0.2, 0.25) is 0 Å². The molecule has 8 aromatic rings. The van der Waals surface area contributed by atoms with Crippen LogP contribution in [0.1, 0.15) is 22.8 Å². The molecule has 0 bridgehead atoms. The molecule has 0 N–H and O–H groups in total. The number of hydrogen-bond acceptors (Lipinski definition) is 6. The van der Waals surface area contributed by atoms with Crippen LogP contribution in [-0.2, 0) is 34.1 Å². The number of benzene rings is 2. The molecular formula is C34H30Cu2N8. The zero-order chi connectivity index (χ0) is 29.3. The van der Waals surface area contributed by atoms with Crippen LogP contribution < -0.4 is 10.2 Å². The predicted molar refractivity (Wildman–Crippen MR) is 168 cm³/mol. The van der Waals surface area contributed by atoms with Crippen molar-refractivity contribution in [2.45, 2.75) is 27.7 Å². The second-order valence-electron chi connectivity index (χ2n) is 9.67. The Bertz CT molecular complexity index is 1740. The smallest absolute Gasteiger partial charge is 0.582 e. The van der Waals surface area contributed by atoms with Crippen molar-refractivity contribution in [1.29, 1.82) is 0 Å². The van der Waals surface area contributed by atoms with E-state index < -0.39 is 0 Å². The SMILES string of the molecule is Cc1ccc2ccc3ccc(C)nc3c2n1.Cc1ccc2ccc3ccc(C)nc3c2n1.[Cu+].[Cu+].c1cn[n-]c1.c1cn[n-]c1. The molecule has 0 saturated heterocycles. The van der Waals surface area contributed by atoms with Gasteiger partial charge < -0.3 is 20.4 Å². The number of aromatic nitrogens is 8. The van der Waals surface area contributed by atoms with Gasteiger partial charge in [0.15, 0.2) is 0 Å². The van der Waals surface area contributed by atoms with E-state index in [4.69, 9.17) is 0 Å². The third kappa shape index (κ3) is 8.78. The van der Waals surface area contributed by atoms with Crippen LogP contribution in [0.25, 0.3) is 43.6 Å². The Morgan fingerprint density at radius 2 is 0.636 bits per heavy atom.